The van der Waals surface area contributed by atoms with Crippen LogP contribution in [0.2, 0.25) is 0 Å². The van der Waals surface area contributed by atoms with Crippen LogP contribution in [0, 0.1) is 0 Å². The predicted octanol–water partition coefficient (Wildman–Crippen LogP) is 4.87. The van der Waals surface area contributed by atoms with Crippen molar-refractivity contribution < 1.29 is 4.42 Å². The van der Waals surface area contributed by atoms with E-state index in [-0.39, 0.29) is 0 Å². The summed E-state index contributed by atoms with van der Waals surface area (Å²) in [6.45, 7) is 4.58. The molecule has 2 aromatic rings. The first-order valence-electron chi connectivity index (χ1n) is 7.70. The van der Waals surface area contributed by atoms with Crippen molar-refractivity contribution in [1.82, 2.24) is 0 Å². The number of rotatable bonds is 4. The molecule has 0 amide bonds. The van der Waals surface area contributed by atoms with Crippen LogP contribution in [0.15, 0.2) is 58.0 Å². The maximum Gasteiger partial charge on any atom is 0.222 e. The van der Waals surface area contributed by atoms with Crippen LogP contribution >= 0.6 is 0 Å². The zero-order valence-corrected chi connectivity index (χ0v) is 12.3. The molecule has 0 spiro atoms. The van der Waals surface area contributed by atoms with Crippen LogP contribution in [0.5, 0.6) is 0 Å². The summed E-state index contributed by atoms with van der Waals surface area (Å²) >= 11 is 0. The van der Waals surface area contributed by atoms with Crippen LogP contribution in [0.3, 0.4) is 0 Å². The Morgan fingerprint density at radius 3 is 2.95 bits per heavy atom. The predicted molar refractivity (Wildman–Crippen MR) is 87.9 cm³/mol. The Kier molecular flexibility index (Phi) is 4.34. The van der Waals surface area contributed by atoms with E-state index in [2.05, 4.69) is 29.8 Å². The Morgan fingerprint density at radius 2 is 2.14 bits per heavy atom. The van der Waals surface area contributed by atoms with Crippen molar-refractivity contribution in [2.45, 2.75) is 32.1 Å². The molecule has 0 unspecified atom stereocenters. The molecule has 1 heterocycles. The molecular formula is C19H21NO. The lowest BCUT2D eigenvalue weighted by molar-refractivity contribution is 0.488. The highest BCUT2D eigenvalue weighted by Gasteiger charge is 2.04. The fourth-order valence-electron chi connectivity index (χ4n) is 2.82. The molecule has 1 aromatic carbocycles. The van der Waals surface area contributed by atoms with Crippen molar-refractivity contribution in [2.75, 3.05) is 6.54 Å². The second kappa shape index (κ2) is 6.57. The van der Waals surface area contributed by atoms with Gasteiger partial charge in [0.15, 0.2) is 0 Å². The first-order chi connectivity index (χ1) is 10.4. The molecule has 1 aliphatic rings. The van der Waals surface area contributed by atoms with E-state index in [9.17, 15) is 0 Å². The van der Waals surface area contributed by atoms with Gasteiger partial charge in [-0.3, -0.25) is 4.99 Å². The summed E-state index contributed by atoms with van der Waals surface area (Å²) in [6, 6.07) is 10.2. The third kappa shape index (κ3) is 3.33. The third-order valence-electron chi connectivity index (χ3n) is 3.98. The van der Waals surface area contributed by atoms with E-state index in [1.54, 1.807) is 11.6 Å². The van der Waals surface area contributed by atoms with Gasteiger partial charge in [0.05, 0.1) is 0 Å². The Morgan fingerprint density at radius 1 is 1.24 bits per heavy atom. The smallest absolute Gasteiger partial charge is 0.222 e. The van der Waals surface area contributed by atoms with Crippen molar-refractivity contribution >= 4 is 16.8 Å². The minimum atomic E-state index is 0.722. The molecule has 1 aliphatic carbocycles. The lowest BCUT2D eigenvalue weighted by atomic mass is 9.97. The lowest BCUT2D eigenvalue weighted by Crippen LogP contribution is -2.05. The Bertz CT molecular complexity index is 737. The van der Waals surface area contributed by atoms with Gasteiger partial charge < -0.3 is 4.42 Å². The fraction of sp³-hybridized carbons (Fsp3) is 0.316. The van der Waals surface area contributed by atoms with Gasteiger partial charge in [-0.1, -0.05) is 36.4 Å². The van der Waals surface area contributed by atoms with E-state index >= 15 is 0 Å². The number of nitrogens with zero attached hydrogens (tertiary/aromatic N) is 1. The lowest BCUT2D eigenvalue weighted by Gasteiger charge is -2.10. The highest BCUT2D eigenvalue weighted by Crippen LogP contribution is 2.20. The number of hydrogen-bond donors (Lipinski definition) is 0. The number of hydrogen-bond acceptors (Lipinski definition) is 2. The Balaban J connectivity index is 1.89. The molecule has 0 aliphatic heterocycles. The van der Waals surface area contributed by atoms with Gasteiger partial charge >= 0.3 is 0 Å². The maximum absolute atomic E-state index is 5.83. The second-order valence-electron chi connectivity index (χ2n) is 5.49. The van der Waals surface area contributed by atoms with Crippen LogP contribution in [-0.4, -0.2) is 6.54 Å². The van der Waals surface area contributed by atoms with Crippen LogP contribution in [0.4, 0.5) is 0 Å². The summed E-state index contributed by atoms with van der Waals surface area (Å²) in [5.74, 6) is 0.768. The van der Waals surface area contributed by atoms with Crippen LogP contribution in [0.25, 0.3) is 16.8 Å². The van der Waals surface area contributed by atoms with Gasteiger partial charge in [0.2, 0.25) is 5.55 Å². The second-order valence-corrected chi connectivity index (χ2v) is 5.49. The quantitative estimate of drug-likeness (QED) is 0.733. The molecule has 0 saturated heterocycles. The number of fused-ring (bicyclic) bond motifs is 1. The maximum atomic E-state index is 5.83. The van der Waals surface area contributed by atoms with Gasteiger partial charge in [0, 0.05) is 11.9 Å². The first-order valence-corrected chi connectivity index (χ1v) is 7.70. The topological polar surface area (TPSA) is 25.5 Å². The normalized spacial score (nSPS) is 16.0. The van der Waals surface area contributed by atoms with Gasteiger partial charge in [-0.2, -0.15) is 0 Å². The molecule has 0 radical (unpaired) electrons. The van der Waals surface area contributed by atoms with E-state index < -0.39 is 0 Å². The summed E-state index contributed by atoms with van der Waals surface area (Å²) in [7, 11) is 0. The highest BCUT2D eigenvalue weighted by molar-refractivity contribution is 5.82. The van der Waals surface area contributed by atoms with Crippen LogP contribution in [0.1, 0.15) is 37.9 Å². The van der Waals surface area contributed by atoms with Gasteiger partial charge in [-0.25, -0.2) is 0 Å². The molecule has 108 valence electrons. The summed E-state index contributed by atoms with van der Waals surface area (Å²) in [4.78, 5) is 4.68. The molecule has 0 saturated carbocycles. The summed E-state index contributed by atoms with van der Waals surface area (Å²) in [5, 5.41) is 2.22. The molecule has 1 aromatic heterocycles. The molecule has 0 fully saturated rings. The van der Waals surface area contributed by atoms with Crippen LogP contribution in [-0.2, 0) is 0 Å². The number of benzene rings is 1. The Hall–Kier alpha value is -2.09. The first kappa shape index (κ1) is 13.9. The van der Waals surface area contributed by atoms with E-state index in [1.807, 2.05) is 18.2 Å². The SMILES string of the molecule is C=Cc1cc2ccccc2c(=NCCC2=CCCCC2)o1. The summed E-state index contributed by atoms with van der Waals surface area (Å²) < 4.78 is 5.83. The monoisotopic (exact) mass is 279 g/mol. The number of allylic oxidation sites excluding steroid dienone is 1. The average Bonchev–Trinajstić information content (AvgIpc) is 2.55. The third-order valence-corrected chi connectivity index (χ3v) is 3.98. The molecule has 21 heavy (non-hydrogen) atoms. The zero-order chi connectivity index (χ0) is 14.5. The van der Waals surface area contributed by atoms with Crippen molar-refractivity contribution in [1.29, 1.82) is 0 Å². The molecule has 0 atom stereocenters. The van der Waals surface area contributed by atoms with Crippen molar-refractivity contribution in [3.63, 3.8) is 0 Å². The largest absolute Gasteiger partial charge is 0.439 e. The minimum Gasteiger partial charge on any atom is -0.439 e. The molecule has 3 rings (SSSR count). The molecule has 2 nitrogen and oxygen atoms in total. The Labute approximate surface area is 125 Å². The molecule has 0 N–H and O–H groups in total. The zero-order valence-electron chi connectivity index (χ0n) is 12.3. The average molecular weight is 279 g/mol. The van der Waals surface area contributed by atoms with Crippen molar-refractivity contribution in [2.24, 2.45) is 4.99 Å². The van der Waals surface area contributed by atoms with E-state index in [0.29, 0.717) is 0 Å². The molecule has 2 heteroatoms. The van der Waals surface area contributed by atoms with Crippen molar-refractivity contribution in [3.05, 3.63) is 59.9 Å². The van der Waals surface area contributed by atoms with E-state index in [4.69, 9.17) is 4.42 Å². The standard InChI is InChI=1S/C19H21NO/c1-2-17-14-16-10-6-7-11-18(16)19(21-17)20-13-12-15-8-4-3-5-9-15/h2,6-8,10-11,14H,1,3-5,9,12-13H2. The summed E-state index contributed by atoms with van der Waals surface area (Å²) in [6.07, 6.45) is 10.3. The van der Waals surface area contributed by atoms with Gasteiger partial charge in [-0.15, -0.1) is 0 Å². The highest BCUT2D eigenvalue weighted by atomic mass is 16.3. The van der Waals surface area contributed by atoms with Crippen molar-refractivity contribution in [3.8, 4) is 0 Å². The van der Waals surface area contributed by atoms with Gasteiger partial charge in [0.25, 0.3) is 0 Å². The molecular weight excluding hydrogens is 258 g/mol. The molecule has 0 bridgehead atoms. The van der Waals surface area contributed by atoms with E-state index in [0.717, 1.165) is 35.1 Å². The minimum absolute atomic E-state index is 0.722. The van der Waals surface area contributed by atoms with Gasteiger partial charge in [0.1, 0.15) is 5.76 Å². The fourth-order valence-corrected chi connectivity index (χ4v) is 2.82. The van der Waals surface area contributed by atoms with E-state index in [1.165, 1.54) is 25.7 Å². The van der Waals surface area contributed by atoms with Crippen LogP contribution < -0.4 is 5.55 Å². The summed E-state index contributed by atoms with van der Waals surface area (Å²) in [5.41, 5.74) is 2.27. The van der Waals surface area contributed by atoms with Gasteiger partial charge in [-0.05, 0) is 55.7 Å².